The van der Waals surface area contributed by atoms with Gasteiger partial charge in [-0.1, -0.05) is 11.6 Å². The minimum Gasteiger partial charge on any atom is -0.366 e. The Hall–Kier alpha value is -2.86. The summed E-state index contributed by atoms with van der Waals surface area (Å²) in [5.41, 5.74) is 11.1. The molecule has 0 aliphatic carbocycles. The van der Waals surface area contributed by atoms with Gasteiger partial charge in [-0.2, -0.15) is 0 Å². The highest BCUT2D eigenvalue weighted by molar-refractivity contribution is 6.30. The van der Waals surface area contributed by atoms with Gasteiger partial charge in [-0.05, 0) is 42.5 Å². The molecule has 0 aliphatic rings. The minimum absolute atomic E-state index is 0.0720. The number of benzene rings is 2. The lowest BCUT2D eigenvalue weighted by molar-refractivity contribution is 0.0994. The van der Waals surface area contributed by atoms with Crippen molar-refractivity contribution >= 4 is 35.0 Å². The van der Waals surface area contributed by atoms with Gasteiger partial charge in [0.15, 0.2) is 0 Å². The van der Waals surface area contributed by atoms with Crippen molar-refractivity contribution in [2.45, 2.75) is 0 Å². The number of hydrogen-bond donors (Lipinski definition) is 3. The Balaban J connectivity index is 2.32. The molecule has 2 aromatic carbocycles. The topological polar surface area (TPSA) is 115 Å². The number of carbonyl (C=O) groups excluding carboxylic acids is 3. The van der Waals surface area contributed by atoms with Crippen molar-refractivity contribution in [2.75, 3.05) is 5.32 Å². The zero-order valence-electron chi connectivity index (χ0n) is 11.3. The van der Waals surface area contributed by atoms with Crippen LogP contribution in [0.15, 0.2) is 42.5 Å². The summed E-state index contributed by atoms with van der Waals surface area (Å²) < 4.78 is 0. The molecule has 0 bridgehead atoms. The van der Waals surface area contributed by atoms with Crippen LogP contribution in [-0.4, -0.2) is 17.7 Å². The molecular formula is C15H12ClN3O3. The maximum atomic E-state index is 12.1. The predicted molar refractivity (Wildman–Crippen MR) is 82.9 cm³/mol. The molecular weight excluding hydrogens is 306 g/mol. The van der Waals surface area contributed by atoms with Crippen LogP contribution in [0.4, 0.5) is 5.69 Å². The summed E-state index contributed by atoms with van der Waals surface area (Å²) in [5, 5.41) is 3.07. The first-order valence-electron chi connectivity index (χ1n) is 6.18. The smallest absolute Gasteiger partial charge is 0.255 e. The van der Waals surface area contributed by atoms with Gasteiger partial charge >= 0.3 is 0 Å². The molecule has 0 aliphatic heterocycles. The minimum atomic E-state index is -0.731. The first kappa shape index (κ1) is 15.5. The molecule has 0 saturated carbocycles. The van der Waals surface area contributed by atoms with Crippen LogP contribution >= 0.6 is 11.6 Å². The Kier molecular flexibility index (Phi) is 4.43. The highest BCUT2D eigenvalue weighted by Gasteiger charge is 2.12. The molecule has 5 N–H and O–H groups in total. The van der Waals surface area contributed by atoms with Crippen LogP contribution in [0.3, 0.4) is 0 Å². The number of nitrogens with one attached hydrogen (secondary N) is 1. The average molecular weight is 318 g/mol. The lowest BCUT2D eigenvalue weighted by atomic mass is 10.1. The fraction of sp³-hybridized carbons (Fsp3) is 0. The molecule has 0 aromatic heterocycles. The third kappa shape index (κ3) is 3.62. The van der Waals surface area contributed by atoms with Crippen LogP contribution in [0, 0.1) is 0 Å². The SMILES string of the molecule is NC(=O)c1cc(NC(=O)c2ccc(Cl)cc2)cc(C(N)=O)c1. The number of primary amides is 2. The molecule has 0 heterocycles. The Morgan fingerprint density at radius 3 is 1.77 bits per heavy atom. The van der Waals surface area contributed by atoms with Crippen LogP contribution in [0.2, 0.25) is 5.02 Å². The monoisotopic (exact) mass is 317 g/mol. The van der Waals surface area contributed by atoms with Gasteiger partial charge in [0.2, 0.25) is 11.8 Å². The summed E-state index contributed by atoms with van der Waals surface area (Å²) in [7, 11) is 0. The Morgan fingerprint density at radius 1 is 0.818 bits per heavy atom. The zero-order valence-corrected chi connectivity index (χ0v) is 12.1. The van der Waals surface area contributed by atoms with Gasteiger partial charge in [-0.15, -0.1) is 0 Å². The maximum Gasteiger partial charge on any atom is 0.255 e. The fourth-order valence-electron chi connectivity index (χ4n) is 1.79. The van der Waals surface area contributed by atoms with Gasteiger partial charge in [0, 0.05) is 27.4 Å². The Morgan fingerprint density at radius 2 is 1.32 bits per heavy atom. The van der Waals surface area contributed by atoms with E-state index in [2.05, 4.69) is 5.32 Å². The van der Waals surface area contributed by atoms with Crippen LogP contribution in [0.5, 0.6) is 0 Å². The number of rotatable bonds is 4. The van der Waals surface area contributed by atoms with Gasteiger partial charge in [-0.3, -0.25) is 14.4 Å². The maximum absolute atomic E-state index is 12.1. The van der Waals surface area contributed by atoms with E-state index in [9.17, 15) is 14.4 Å². The lowest BCUT2D eigenvalue weighted by Gasteiger charge is -2.08. The standard InChI is InChI=1S/C15H12ClN3O3/c16-11-3-1-8(2-4-11)15(22)19-12-6-9(13(17)20)5-10(7-12)14(18)21/h1-7H,(H2,17,20)(H2,18,21)(H,19,22). The normalized spacial score (nSPS) is 10.0. The molecule has 0 saturated heterocycles. The largest absolute Gasteiger partial charge is 0.366 e. The lowest BCUT2D eigenvalue weighted by Crippen LogP contribution is -2.18. The van der Waals surface area contributed by atoms with Gasteiger partial charge in [0.25, 0.3) is 5.91 Å². The van der Waals surface area contributed by atoms with E-state index in [0.717, 1.165) is 0 Å². The second-order valence-corrected chi connectivity index (χ2v) is 4.92. The summed E-state index contributed by atoms with van der Waals surface area (Å²) in [5.74, 6) is -1.89. The average Bonchev–Trinajstić information content (AvgIpc) is 2.47. The number of anilines is 1. The number of amides is 3. The van der Waals surface area contributed by atoms with E-state index in [1.165, 1.54) is 18.2 Å². The number of hydrogen-bond acceptors (Lipinski definition) is 3. The van der Waals surface area contributed by atoms with E-state index in [1.807, 2.05) is 0 Å². The Bertz CT molecular complexity index is 725. The van der Waals surface area contributed by atoms with Gasteiger partial charge in [0.05, 0.1) is 0 Å². The molecule has 0 radical (unpaired) electrons. The van der Waals surface area contributed by atoms with E-state index in [1.54, 1.807) is 24.3 Å². The van der Waals surface area contributed by atoms with E-state index >= 15 is 0 Å². The van der Waals surface area contributed by atoms with E-state index in [-0.39, 0.29) is 16.8 Å². The van der Waals surface area contributed by atoms with Gasteiger partial charge in [0.1, 0.15) is 0 Å². The van der Waals surface area contributed by atoms with Gasteiger partial charge in [-0.25, -0.2) is 0 Å². The molecule has 0 atom stereocenters. The van der Waals surface area contributed by atoms with Crippen molar-refractivity contribution in [1.82, 2.24) is 0 Å². The number of halogens is 1. The van der Waals surface area contributed by atoms with Crippen LogP contribution < -0.4 is 16.8 Å². The fourth-order valence-corrected chi connectivity index (χ4v) is 1.91. The van der Waals surface area contributed by atoms with E-state index in [0.29, 0.717) is 10.6 Å². The van der Waals surface area contributed by atoms with Crippen molar-refractivity contribution in [3.05, 3.63) is 64.2 Å². The summed E-state index contributed by atoms with van der Waals surface area (Å²) in [4.78, 5) is 34.6. The molecule has 2 rings (SSSR count). The number of carbonyl (C=O) groups is 3. The second-order valence-electron chi connectivity index (χ2n) is 4.49. The van der Waals surface area contributed by atoms with E-state index < -0.39 is 17.7 Å². The molecule has 3 amide bonds. The summed E-state index contributed by atoms with van der Waals surface area (Å²) in [6, 6.07) is 10.2. The summed E-state index contributed by atoms with van der Waals surface area (Å²) in [6.07, 6.45) is 0. The molecule has 0 fully saturated rings. The molecule has 0 spiro atoms. The van der Waals surface area contributed by atoms with Crippen molar-refractivity contribution in [2.24, 2.45) is 11.5 Å². The zero-order chi connectivity index (χ0) is 16.3. The molecule has 2 aromatic rings. The van der Waals surface area contributed by atoms with Crippen LogP contribution in [-0.2, 0) is 0 Å². The first-order chi connectivity index (χ1) is 10.4. The van der Waals surface area contributed by atoms with Crippen molar-refractivity contribution in [3.63, 3.8) is 0 Å². The third-order valence-corrected chi connectivity index (χ3v) is 3.12. The van der Waals surface area contributed by atoms with E-state index in [4.69, 9.17) is 23.1 Å². The second kappa shape index (κ2) is 6.28. The van der Waals surface area contributed by atoms with Crippen molar-refractivity contribution < 1.29 is 14.4 Å². The summed E-state index contributed by atoms with van der Waals surface area (Å²) in [6.45, 7) is 0. The summed E-state index contributed by atoms with van der Waals surface area (Å²) >= 11 is 5.75. The van der Waals surface area contributed by atoms with Gasteiger partial charge < -0.3 is 16.8 Å². The Labute approximate surface area is 131 Å². The highest BCUT2D eigenvalue weighted by Crippen LogP contribution is 2.17. The van der Waals surface area contributed by atoms with Crippen LogP contribution in [0.25, 0.3) is 0 Å². The molecule has 22 heavy (non-hydrogen) atoms. The quantitative estimate of drug-likeness (QED) is 0.798. The molecule has 6 nitrogen and oxygen atoms in total. The molecule has 112 valence electrons. The molecule has 0 unspecified atom stereocenters. The first-order valence-corrected chi connectivity index (χ1v) is 6.56. The number of nitrogens with two attached hydrogens (primary N) is 2. The molecule has 7 heteroatoms. The van der Waals surface area contributed by atoms with Crippen molar-refractivity contribution in [1.29, 1.82) is 0 Å². The predicted octanol–water partition coefficient (Wildman–Crippen LogP) is 1.79. The van der Waals surface area contributed by atoms with Crippen molar-refractivity contribution in [3.8, 4) is 0 Å². The third-order valence-electron chi connectivity index (χ3n) is 2.87. The highest BCUT2D eigenvalue weighted by atomic mass is 35.5. The van der Waals surface area contributed by atoms with Crippen LogP contribution in [0.1, 0.15) is 31.1 Å².